The molecule has 2 aromatic carbocycles. The summed E-state index contributed by atoms with van der Waals surface area (Å²) >= 11 is 0.686. The summed E-state index contributed by atoms with van der Waals surface area (Å²) < 4.78 is 49.1. The van der Waals surface area contributed by atoms with E-state index in [0.29, 0.717) is 34.3 Å². The maximum atomic E-state index is 12.6. The number of rotatable bonds is 11. The summed E-state index contributed by atoms with van der Waals surface area (Å²) in [5.74, 6) is 0.906. The van der Waals surface area contributed by atoms with Crippen molar-refractivity contribution >= 4 is 38.5 Å². The molecule has 0 atom stereocenters. The Morgan fingerprint density at radius 3 is 2.27 bits per heavy atom. The molecule has 11 nitrogen and oxygen atoms in total. The molecular weight excluding hydrogens is 520 g/mol. The number of carbonyl (C=O) groups is 1. The SMILES string of the molecule is COc1cc(/C=C(/C#N)C(=O)Nc2nc(S(C)(=O)=O)ns2)cc(OC)c1OCCOc1ccc(C)cc1. The van der Waals surface area contributed by atoms with Gasteiger partial charge in [-0.15, -0.1) is 0 Å². The average molecular weight is 545 g/mol. The van der Waals surface area contributed by atoms with Gasteiger partial charge in [0.1, 0.15) is 30.6 Å². The lowest BCUT2D eigenvalue weighted by Gasteiger charge is -2.16. The van der Waals surface area contributed by atoms with Crippen LogP contribution in [0.5, 0.6) is 23.0 Å². The second-order valence-electron chi connectivity index (χ2n) is 7.54. The summed E-state index contributed by atoms with van der Waals surface area (Å²) in [6.45, 7) is 2.48. The van der Waals surface area contributed by atoms with Crippen LogP contribution in [0.2, 0.25) is 0 Å². The lowest BCUT2D eigenvalue weighted by molar-refractivity contribution is -0.112. The summed E-state index contributed by atoms with van der Waals surface area (Å²) in [5, 5.41) is 11.4. The third-order valence-electron chi connectivity index (χ3n) is 4.74. The van der Waals surface area contributed by atoms with Crippen LogP contribution < -0.4 is 24.3 Å². The molecule has 0 aliphatic rings. The molecule has 3 aromatic rings. The number of nitrogens with one attached hydrogen (secondary N) is 1. The molecule has 1 amide bonds. The molecule has 0 radical (unpaired) electrons. The van der Waals surface area contributed by atoms with Gasteiger partial charge in [0.2, 0.25) is 20.7 Å². The molecule has 1 aromatic heterocycles. The van der Waals surface area contributed by atoms with E-state index >= 15 is 0 Å². The standard InChI is InChI=1S/C24H24N4O7S2/c1-15-5-7-18(8-6-15)34-9-10-35-21-19(32-2)12-16(13-20(21)33-3)11-17(14-25)22(29)26-23-27-24(28-36-23)37(4,30)31/h5-8,11-13H,9-10H2,1-4H3,(H,26,27,28,29)/b17-11-. The van der Waals surface area contributed by atoms with Gasteiger partial charge in [-0.3, -0.25) is 10.1 Å². The van der Waals surface area contributed by atoms with Crippen molar-refractivity contribution in [1.82, 2.24) is 9.36 Å². The smallest absolute Gasteiger partial charge is 0.268 e. The number of nitrogens with zero attached hydrogens (tertiary/aromatic N) is 3. The number of carbonyl (C=O) groups excluding carboxylic acids is 1. The van der Waals surface area contributed by atoms with E-state index < -0.39 is 20.9 Å². The molecule has 0 fully saturated rings. The van der Waals surface area contributed by atoms with Crippen molar-refractivity contribution in [3.05, 3.63) is 53.1 Å². The van der Waals surface area contributed by atoms with Gasteiger partial charge in [0.15, 0.2) is 11.5 Å². The van der Waals surface area contributed by atoms with Crippen molar-refractivity contribution in [3.8, 4) is 29.1 Å². The Morgan fingerprint density at radius 2 is 1.73 bits per heavy atom. The third-order valence-corrected chi connectivity index (χ3v) is 6.33. The van der Waals surface area contributed by atoms with Gasteiger partial charge in [0.25, 0.3) is 11.1 Å². The van der Waals surface area contributed by atoms with Gasteiger partial charge in [-0.25, -0.2) is 8.42 Å². The number of ether oxygens (including phenoxy) is 4. The molecule has 194 valence electrons. The molecule has 0 aliphatic heterocycles. The van der Waals surface area contributed by atoms with Gasteiger partial charge in [-0.1, -0.05) is 17.7 Å². The average Bonchev–Trinajstić information content (AvgIpc) is 3.35. The number of anilines is 1. The molecule has 0 saturated heterocycles. The number of aryl methyl sites for hydroxylation is 1. The van der Waals surface area contributed by atoms with E-state index in [1.54, 1.807) is 12.1 Å². The van der Waals surface area contributed by atoms with E-state index in [-0.39, 0.29) is 23.9 Å². The Morgan fingerprint density at radius 1 is 1.11 bits per heavy atom. The minimum absolute atomic E-state index is 0.0571. The van der Waals surface area contributed by atoms with Crippen molar-refractivity contribution in [1.29, 1.82) is 5.26 Å². The van der Waals surface area contributed by atoms with Crippen LogP contribution in [0, 0.1) is 18.3 Å². The van der Waals surface area contributed by atoms with Crippen molar-refractivity contribution in [2.45, 2.75) is 12.1 Å². The Hall–Kier alpha value is -4.15. The predicted molar refractivity (Wildman–Crippen MR) is 137 cm³/mol. The number of nitriles is 1. The van der Waals surface area contributed by atoms with Crippen LogP contribution in [-0.2, 0) is 14.6 Å². The predicted octanol–water partition coefficient (Wildman–Crippen LogP) is 3.27. The van der Waals surface area contributed by atoms with Crippen molar-refractivity contribution in [3.63, 3.8) is 0 Å². The molecule has 0 bridgehead atoms. The Labute approximate surface area is 218 Å². The zero-order chi connectivity index (χ0) is 27.0. The number of hydrogen-bond acceptors (Lipinski definition) is 11. The zero-order valence-corrected chi connectivity index (χ0v) is 22.1. The highest BCUT2D eigenvalue weighted by Gasteiger charge is 2.19. The maximum absolute atomic E-state index is 12.6. The van der Waals surface area contributed by atoms with Gasteiger partial charge in [0.05, 0.1) is 14.2 Å². The molecule has 1 heterocycles. The normalized spacial score (nSPS) is 11.4. The summed E-state index contributed by atoms with van der Waals surface area (Å²) in [4.78, 5) is 16.3. The van der Waals surface area contributed by atoms with Crippen LogP contribution >= 0.6 is 11.5 Å². The van der Waals surface area contributed by atoms with Gasteiger partial charge in [0, 0.05) is 17.8 Å². The first-order chi connectivity index (χ1) is 17.6. The fraction of sp³-hybridized carbons (Fsp3) is 0.250. The molecule has 0 spiro atoms. The molecule has 3 rings (SSSR count). The molecule has 13 heteroatoms. The summed E-state index contributed by atoms with van der Waals surface area (Å²) in [6, 6.07) is 12.6. The van der Waals surface area contributed by atoms with E-state index in [4.69, 9.17) is 18.9 Å². The second-order valence-corrected chi connectivity index (χ2v) is 10.2. The lowest BCUT2D eigenvalue weighted by Crippen LogP contribution is -2.13. The highest BCUT2D eigenvalue weighted by molar-refractivity contribution is 7.90. The molecule has 0 aliphatic carbocycles. The van der Waals surface area contributed by atoms with Gasteiger partial charge < -0.3 is 18.9 Å². The molecule has 0 saturated carbocycles. The van der Waals surface area contributed by atoms with Crippen LogP contribution in [-0.4, -0.2) is 57.4 Å². The summed E-state index contributed by atoms with van der Waals surface area (Å²) in [5.41, 5.74) is 1.30. The summed E-state index contributed by atoms with van der Waals surface area (Å²) in [7, 11) is -0.728. The van der Waals surface area contributed by atoms with E-state index in [2.05, 4.69) is 14.7 Å². The van der Waals surface area contributed by atoms with Crippen LogP contribution in [0.4, 0.5) is 5.13 Å². The summed E-state index contributed by atoms with van der Waals surface area (Å²) in [6.07, 6.45) is 2.27. The highest BCUT2D eigenvalue weighted by Crippen LogP contribution is 2.39. The van der Waals surface area contributed by atoms with Crippen LogP contribution in [0.3, 0.4) is 0 Å². The second kappa shape index (κ2) is 12.2. The van der Waals surface area contributed by atoms with Crippen LogP contribution in [0.1, 0.15) is 11.1 Å². The molecule has 1 N–H and O–H groups in total. The monoisotopic (exact) mass is 544 g/mol. The van der Waals surface area contributed by atoms with Crippen molar-refractivity contribution in [2.75, 3.05) is 39.0 Å². The highest BCUT2D eigenvalue weighted by atomic mass is 32.2. The van der Waals surface area contributed by atoms with E-state index in [9.17, 15) is 18.5 Å². The maximum Gasteiger partial charge on any atom is 0.268 e. The number of hydrogen-bond donors (Lipinski definition) is 1. The number of sulfone groups is 1. The molecule has 37 heavy (non-hydrogen) atoms. The zero-order valence-electron chi connectivity index (χ0n) is 20.5. The van der Waals surface area contributed by atoms with Crippen LogP contribution in [0.25, 0.3) is 6.08 Å². The first-order valence-corrected chi connectivity index (χ1v) is 13.4. The minimum Gasteiger partial charge on any atom is -0.493 e. The Bertz CT molecular complexity index is 1420. The Kier molecular flexibility index (Phi) is 9.05. The topological polar surface area (TPSA) is 150 Å². The number of benzene rings is 2. The third kappa shape index (κ3) is 7.42. The number of amides is 1. The lowest BCUT2D eigenvalue weighted by atomic mass is 10.1. The fourth-order valence-corrected chi connectivity index (χ4v) is 4.39. The quantitative estimate of drug-likeness (QED) is 0.216. The van der Waals surface area contributed by atoms with Crippen molar-refractivity contribution < 1.29 is 32.2 Å². The fourth-order valence-electron chi connectivity index (χ4n) is 2.95. The van der Waals surface area contributed by atoms with Gasteiger partial charge in [-0.05, 0) is 42.8 Å². The number of methoxy groups -OCH3 is 2. The van der Waals surface area contributed by atoms with Gasteiger partial charge in [-0.2, -0.15) is 14.6 Å². The first-order valence-electron chi connectivity index (χ1n) is 10.7. The van der Waals surface area contributed by atoms with Gasteiger partial charge >= 0.3 is 0 Å². The minimum atomic E-state index is -3.63. The molecular formula is C24H24N4O7S2. The molecule has 0 unspecified atom stereocenters. The van der Waals surface area contributed by atoms with Crippen LogP contribution in [0.15, 0.2) is 47.1 Å². The largest absolute Gasteiger partial charge is 0.493 e. The number of aromatic nitrogens is 2. The van der Waals surface area contributed by atoms with Crippen molar-refractivity contribution in [2.24, 2.45) is 0 Å². The van der Waals surface area contributed by atoms with E-state index in [1.165, 1.54) is 20.3 Å². The Balaban J connectivity index is 1.74. The first kappa shape index (κ1) is 27.4. The van der Waals surface area contributed by atoms with E-state index in [1.807, 2.05) is 37.3 Å². The van der Waals surface area contributed by atoms with E-state index in [0.717, 1.165) is 17.6 Å².